The molecule has 0 aliphatic carbocycles. The zero-order chi connectivity index (χ0) is 15.1. The molecule has 2 aromatic rings. The van der Waals surface area contributed by atoms with Gasteiger partial charge in [0.15, 0.2) is 0 Å². The summed E-state index contributed by atoms with van der Waals surface area (Å²) in [6.45, 7) is 0.427. The topological polar surface area (TPSA) is 20.3 Å². The van der Waals surface area contributed by atoms with E-state index in [0.29, 0.717) is 11.6 Å². The Hall–Kier alpha value is -1.72. The average Bonchev–Trinajstić information content (AvgIpc) is 2.50. The van der Waals surface area contributed by atoms with E-state index in [0.717, 1.165) is 10.0 Å². The van der Waals surface area contributed by atoms with Crippen LogP contribution in [0.5, 0.6) is 0 Å². The molecule has 0 atom stereocenters. The maximum atomic E-state index is 12.1. The molecule has 0 heterocycles. The van der Waals surface area contributed by atoms with Gasteiger partial charge in [-0.25, -0.2) is 0 Å². The van der Waals surface area contributed by atoms with Gasteiger partial charge < -0.3 is 0 Å². The van der Waals surface area contributed by atoms with Crippen LogP contribution in [0.4, 0.5) is 4.79 Å². The molecule has 2 aromatic carbocycles. The molecule has 0 aromatic heterocycles. The standard InChI is InChI=1S/C17H14ClNOSe/c1-19(17(20)21-16-7-3-2-4-8-16)13-5-6-14-9-11-15(18)12-10-14/h2-4,7-12H,13H2,1H3. The third kappa shape index (κ3) is 5.28. The molecule has 0 fully saturated rings. The summed E-state index contributed by atoms with van der Waals surface area (Å²) in [7, 11) is 1.78. The van der Waals surface area contributed by atoms with Crippen molar-refractivity contribution in [1.29, 1.82) is 0 Å². The van der Waals surface area contributed by atoms with E-state index in [-0.39, 0.29) is 19.8 Å². The molecule has 1 amide bonds. The Morgan fingerprint density at radius 3 is 2.48 bits per heavy atom. The summed E-state index contributed by atoms with van der Waals surface area (Å²) in [5, 5.41) is 0.693. The molecule has 0 saturated heterocycles. The van der Waals surface area contributed by atoms with Crippen LogP contribution >= 0.6 is 11.6 Å². The Morgan fingerprint density at radius 2 is 1.81 bits per heavy atom. The summed E-state index contributed by atoms with van der Waals surface area (Å²) < 4.78 is 1.08. The van der Waals surface area contributed by atoms with Crippen LogP contribution in [0.25, 0.3) is 0 Å². The van der Waals surface area contributed by atoms with Gasteiger partial charge in [0.05, 0.1) is 0 Å². The monoisotopic (exact) mass is 363 g/mol. The molecular formula is C17H14ClNOSe. The van der Waals surface area contributed by atoms with Crippen LogP contribution in [0.1, 0.15) is 5.56 Å². The van der Waals surface area contributed by atoms with Gasteiger partial charge in [0, 0.05) is 0 Å². The Kier molecular flexibility index (Phi) is 5.89. The van der Waals surface area contributed by atoms with Crippen molar-refractivity contribution in [2.24, 2.45) is 0 Å². The summed E-state index contributed by atoms with van der Waals surface area (Å²) in [4.78, 5) is 13.9. The van der Waals surface area contributed by atoms with Gasteiger partial charge in [-0.1, -0.05) is 0 Å². The van der Waals surface area contributed by atoms with Gasteiger partial charge in [-0.2, -0.15) is 0 Å². The van der Waals surface area contributed by atoms with E-state index in [1.165, 1.54) is 0 Å². The van der Waals surface area contributed by atoms with Crippen molar-refractivity contribution >= 4 is 35.8 Å². The Balaban J connectivity index is 1.88. The average molecular weight is 363 g/mol. The predicted molar refractivity (Wildman–Crippen MR) is 88.2 cm³/mol. The molecule has 0 saturated carbocycles. The molecule has 106 valence electrons. The van der Waals surface area contributed by atoms with Crippen LogP contribution in [-0.4, -0.2) is 38.3 Å². The molecular weight excluding hydrogens is 349 g/mol. The van der Waals surface area contributed by atoms with Crippen molar-refractivity contribution in [3.8, 4) is 11.8 Å². The zero-order valence-corrected chi connectivity index (χ0v) is 14.0. The number of benzene rings is 2. The third-order valence-corrected chi connectivity index (χ3v) is 4.99. The summed E-state index contributed by atoms with van der Waals surface area (Å²) in [6, 6.07) is 17.1. The molecule has 0 aliphatic heterocycles. The molecule has 2 rings (SSSR count). The minimum atomic E-state index is -0.196. The first kappa shape index (κ1) is 15.7. The second kappa shape index (κ2) is 7.90. The summed E-state index contributed by atoms with van der Waals surface area (Å²) in [5.74, 6) is 6.04. The normalized spacial score (nSPS) is 9.62. The number of carbonyl (C=O) groups is 1. The molecule has 2 nitrogen and oxygen atoms in total. The van der Waals surface area contributed by atoms with Gasteiger partial charge >= 0.3 is 136 Å². The van der Waals surface area contributed by atoms with E-state index in [9.17, 15) is 4.79 Å². The summed E-state index contributed by atoms with van der Waals surface area (Å²) in [6.07, 6.45) is 0. The number of rotatable bonds is 3. The number of amides is 1. The first-order chi connectivity index (χ1) is 10.1. The quantitative estimate of drug-likeness (QED) is 0.607. The molecule has 0 aliphatic rings. The van der Waals surface area contributed by atoms with Crippen LogP contribution < -0.4 is 4.46 Å². The van der Waals surface area contributed by atoms with E-state index in [1.54, 1.807) is 24.1 Å². The van der Waals surface area contributed by atoms with Gasteiger partial charge in [-0.15, -0.1) is 0 Å². The molecule has 0 spiro atoms. The van der Waals surface area contributed by atoms with Crippen molar-refractivity contribution in [1.82, 2.24) is 4.90 Å². The fourth-order valence-electron chi connectivity index (χ4n) is 1.53. The van der Waals surface area contributed by atoms with Gasteiger partial charge in [0.1, 0.15) is 0 Å². The van der Waals surface area contributed by atoms with E-state index in [2.05, 4.69) is 11.8 Å². The van der Waals surface area contributed by atoms with Crippen LogP contribution in [0, 0.1) is 11.8 Å². The van der Waals surface area contributed by atoms with Gasteiger partial charge in [-0.05, 0) is 0 Å². The number of nitrogens with zero attached hydrogens (tertiary/aromatic N) is 1. The van der Waals surface area contributed by atoms with Crippen molar-refractivity contribution in [2.75, 3.05) is 13.6 Å². The summed E-state index contributed by atoms with van der Waals surface area (Å²) in [5.41, 5.74) is 0.897. The number of hydrogen-bond donors (Lipinski definition) is 0. The second-order valence-corrected chi connectivity index (χ2v) is 6.93. The van der Waals surface area contributed by atoms with Crippen LogP contribution in [-0.2, 0) is 0 Å². The van der Waals surface area contributed by atoms with E-state index < -0.39 is 0 Å². The van der Waals surface area contributed by atoms with Crippen molar-refractivity contribution in [3.05, 3.63) is 65.2 Å². The van der Waals surface area contributed by atoms with Crippen molar-refractivity contribution < 1.29 is 4.79 Å². The van der Waals surface area contributed by atoms with Gasteiger partial charge in [0.2, 0.25) is 0 Å². The Labute approximate surface area is 136 Å². The van der Waals surface area contributed by atoms with E-state index >= 15 is 0 Å². The van der Waals surface area contributed by atoms with Crippen LogP contribution in [0.3, 0.4) is 0 Å². The number of halogens is 1. The molecule has 4 heteroatoms. The summed E-state index contributed by atoms with van der Waals surface area (Å²) >= 11 is 5.62. The van der Waals surface area contributed by atoms with Gasteiger partial charge in [-0.3, -0.25) is 0 Å². The molecule has 21 heavy (non-hydrogen) atoms. The maximum absolute atomic E-state index is 12.1. The first-order valence-corrected chi connectivity index (χ1v) is 8.47. The zero-order valence-electron chi connectivity index (χ0n) is 11.5. The van der Waals surface area contributed by atoms with Crippen LogP contribution in [0.2, 0.25) is 5.02 Å². The molecule has 0 bridgehead atoms. The Morgan fingerprint density at radius 1 is 1.14 bits per heavy atom. The molecule has 0 unspecified atom stereocenters. The van der Waals surface area contributed by atoms with Crippen molar-refractivity contribution in [2.45, 2.75) is 0 Å². The van der Waals surface area contributed by atoms with E-state index in [1.807, 2.05) is 42.5 Å². The molecule has 0 N–H and O–H groups in total. The first-order valence-electron chi connectivity index (χ1n) is 6.37. The van der Waals surface area contributed by atoms with Gasteiger partial charge in [0.25, 0.3) is 0 Å². The Bertz CT molecular complexity index is 659. The fourth-order valence-corrected chi connectivity index (χ4v) is 3.15. The van der Waals surface area contributed by atoms with Crippen LogP contribution in [0.15, 0.2) is 54.6 Å². The fraction of sp³-hybridized carbons (Fsp3) is 0.118. The minimum absolute atomic E-state index is 0.124. The number of carbonyl (C=O) groups excluding carboxylic acids is 1. The number of hydrogen-bond acceptors (Lipinski definition) is 1. The van der Waals surface area contributed by atoms with Crippen molar-refractivity contribution in [3.63, 3.8) is 0 Å². The molecule has 0 radical (unpaired) electrons. The third-order valence-electron chi connectivity index (χ3n) is 2.65. The second-order valence-electron chi connectivity index (χ2n) is 4.35. The van der Waals surface area contributed by atoms with E-state index in [4.69, 9.17) is 11.6 Å². The predicted octanol–water partition coefficient (Wildman–Crippen LogP) is 2.77. The SMILES string of the molecule is CN(CC#Cc1ccc(Cl)cc1)C(=O)[Se]c1ccccc1.